The van der Waals surface area contributed by atoms with Gasteiger partial charge in [-0.25, -0.2) is 9.37 Å². The Hall–Kier alpha value is -2.24. The summed E-state index contributed by atoms with van der Waals surface area (Å²) in [5, 5.41) is 0.284. The van der Waals surface area contributed by atoms with Gasteiger partial charge in [0.1, 0.15) is 11.0 Å². The molecule has 1 amide bonds. The first-order valence-corrected chi connectivity index (χ1v) is 9.47. The molecular weight excluding hydrogens is 365 g/mol. The molecule has 4 rings (SSSR count). The van der Waals surface area contributed by atoms with Gasteiger partial charge in [0, 0.05) is 36.0 Å². The van der Waals surface area contributed by atoms with E-state index in [1.165, 1.54) is 12.3 Å². The fraction of sp³-hybridized carbons (Fsp3) is 0.333. The third-order valence-corrected chi connectivity index (χ3v) is 5.91. The molecule has 2 aliphatic heterocycles. The maximum Gasteiger partial charge on any atom is 0.258 e. The van der Waals surface area contributed by atoms with Crippen LogP contribution in [0.1, 0.15) is 28.8 Å². The van der Waals surface area contributed by atoms with Gasteiger partial charge in [0.2, 0.25) is 0 Å². The Morgan fingerprint density at radius 1 is 1.30 bits per heavy atom. The lowest BCUT2D eigenvalue weighted by atomic mass is 9.74. The second-order valence-corrected chi connectivity index (χ2v) is 7.68. The number of benzene rings is 1. The molecule has 6 heteroatoms. The normalized spacial score (nSPS) is 18.5. The van der Waals surface area contributed by atoms with E-state index >= 15 is 0 Å². The number of nitrogens with zero attached hydrogens (tertiary/aromatic N) is 3. The smallest absolute Gasteiger partial charge is 0.258 e. The maximum absolute atomic E-state index is 14.0. The average molecular weight is 386 g/mol. The average Bonchev–Trinajstić information content (AvgIpc) is 2.97. The van der Waals surface area contributed by atoms with E-state index in [9.17, 15) is 9.18 Å². The summed E-state index contributed by atoms with van der Waals surface area (Å²) in [5.74, 6) is -0.388. The number of likely N-dealkylation sites (tertiary alicyclic amines) is 1. The maximum atomic E-state index is 14.0. The molecule has 3 heterocycles. The summed E-state index contributed by atoms with van der Waals surface area (Å²) in [6.07, 6.45) is 5.21. The predicted molar refractivity (Wildman–Crippen MR) is 105 cm³/mol. The van der Waals surface area contributed by atoms with Gasteiger partial charge in [0.25, 0.3) is 5.91 Å². The summed E-state index contributed by atoms with van der Waals surface area (Å²) in [7, 11) is 0. The van der Waals surface area contributed by atoms with E-state index in [0.29, 0.717) is 12.1 Å². The summed E-state index contributed by atoms with van der Waals surface area (Å²) in [6, 6.07) is 7.98. The van der Waals surface area contributed by atoms with Gasteiger partial charge in [-0.1, -0.05) is 17.7 Å². The molecule has 1 saturated heterocycles. The van der Waals surface area contributed by atoms with Gasteiger partial charge in [-0.15, -0.1) is 6.58 Å². The van der Waals surface area contributed by atoms with Gasteiger partial charge in [0.05, 0.1) is 0 Å². The zero-order valence-electron chi connectivity index (χ0n) is 15.0. The first-order chi connectivity index (χ1) is 13.0. The van der Waals surface area contributed by atoms with Gasteiger partial charge in [-0.05, 0) is 61.8 Å². The highest BCUT2D eigenvalue weighted by molar-refractivity contribution is 6.29. The van der Waals surface area contributed by atoms with Crippen molar-refractivity contribution >= 4 is 23.2 Å². The van der Waals surface area contributed by atoms with Crippen LogP contribution in [-0.4, -0.2) is 42.0 Å². The lowest BCUT2D eigenvalue weighted by Crippen LogP contribution is -2.46. The molecule has 0 saturated carbocycles. The highest BCUT2D eigenvalue weighted by Crippen LogP contribution is 2.47. The van der Waals surface area contributed by atoms with Gasteiger partial charge >= 0.3 is 0 Å². The first-order valence-electron chi connectivity index (χ1n) is 9.09. The van der Waals surface area contributed by atoms with Crippen molar-refractivity contribution in [3.8, 4) is 0 Å². The van der Waals surface area contributed by atoms with E-state index in [-0.39, 0.29) is 22.3 Å². The third-order valence-electron chi connectivity index (χ3n) is 5.70. The second-order valence-electron chi connectivity index (χ2n) is 7.29. The van der Waals surface area contributed by atoms with Crippen molar-refractivity contribution < 1.29 is 9.18 Å². The molecule has 0 radical (unpaired) electrons. The van der Waals surface area contributed by atoms with Crippen LogP contribution in [0, 0.1) is 5.82 Å². The number of fused-ring (bicyclic) bond motifs is 2. The van der Waals surface area contributed by atoms with Crippen LogP contribution in [0.4, 0.5) is 10.1 Å². The Labute approximate surface area is 163 Å². The van der Waals surface area contributed by atoms with Crippen LogP contribution in [0.15, 0.2) is 49.2 Å². The molecule has 0 aliphatic carbocycles. The van der Waals surface area contributed by atoms with Crippen LogP contribution >= 0.6 is 11.6 Å². The van der Waals surface area contributed by atoms with Crippen molar-refractivity contribution in [1.82, 2.24) is 9.88 Å². The minimum Gasteiger partial charge on any atom is -0.307 e. The van der Waals surface area contributed by atoms with Gasteiger partial charge in [-0.2, -0.15) is 0 Å². The molecule has 0 N–H and O–H groups in total. The Bertz CT molecular complexity index is 893. The summed E-state index contributed by atoms with van der Waals surface area (Å²) in [4.78, 5) is 21.2. The number of pyridine rings is 1. The standard InChI is InChI=1S/C21H21ClFN3O/c1-2-9-25-10-6-21(7-11-25)14-26(18-4-3-16(23)13-17(18)21)20(27)15-5-8-24-19(22)12-15/h2-5,8,12-13H,1,6-7,9-11,14H2. The summed E-state index contributed by atoms with van der Waals surface area (Å²) in [5.41, 5.74) is 2.02. The van der Waals surface area contributed by atoms with Crippen molar-refractivity contribution in [2.45, 2.75) is 18.3 Å². The summed E-state index contributed by atoms with van der Waals surface area (Å²) >= 11 is 5.96. The lowest BCUT2D eigenvalue weighted by Gasteiger charge is -2.39. The minimum absolute atomic E-state index is 0.127. The topological polar surface area (TPSA) is 36.4 Å². The lowest BCUT2D eigenvalue weighted by molar-refractivity contribution is 0.0977. The van der Waals surface area contributed by atoms with Crippen LogP contribution in [0.2, 0.25) is 5.15 Å². The van der Waals surface area contributed by atoms with Crippen molar-refractivity contribution in [2.24, 2.45) is 0 Å². The van der Waals surface area contributed by atoms with Crippen LogP contribution in [-0.2, 0) is 5.41 Å². The number of amides is 1. The molecule has 27 heavy (non-hydrogen) atoms. The SMILES string of the molecule is C=CCN1CCC2(CC1)CN(C(=O)c1ccnc(Cl)c1)c1ccc(F)cc12. The predicted octanol–water partition coefficient (Wildman–Crippen LogP) is 4.05. The number of carbonyl (C=O) groups excluding carboxylic acids is 1. The molecule has 1 spiro atoms. The summed E-state index contributed by atoms with van der Waals surface area (Å²) < 4.78 is 14.0. The zero-order valence-corrected chi connectivity index (χ0v) is 15.8. The van der Waals surface area contributed by atoms with Crippen LogP contribution in [0.5, 0.6) is 0 Å². The molecule has 2 aliphatic rings. The van der Waals surface area contributed by atoms with E-state index in [1.54, 1.807) is 29.2 Å². The number of anilines is 1. The van der Waals surface area contributed by atoms with E-state index in [0.717, 1.165) is 43.7 Å². The van der Waals surface area contributed by atoms with Crippen LogP contribution in [0.3, 0.4) is 0 Å². The Morgan fingerprint density at radius 2 is 2.07 bits per heavy atom. The van der Waals surface area contributed by atoms with Gasteiger partial charge < -0.3 is 4.90 Å². The van der Waals surface area contributed by atoms with E-state index in [1.807, 2.05) is 6.08 Å². The number of hydrogen-bond donors (Lipinski definition) is 0. The van der Waals surface area contributed by atoms with E-state index in [2.05, 4.69) is 16.5 Å². The van der Waals surface area contributed by atoms with Crippen LogP contribution < -0.4 is 4.90 Å². The number of halogens is 2. The zero-order chi connectivity index (χ0) is 19.0. The van der Waals surface area contributed by atoms with Crippen LogP contribution in [0.25, 0.3) is 0 Å². The molecule has 0 bridgehead atoms. The van der Waals surface area contributed by atoms with Crippen molar-refractivity contribution in [3.63, 3.8) is 0 Å². The molecule has 1 aromatic carbocycles. The second kappa shape index (κ2) is 7.06. The molecule has 140 valence electrons. The van der Waals surface area contributed by atoms with Crippen molar-refractivity contribution in [1.29, 1.82) is 0 Å². The molecule has 0 unspecified atom stereocenters. The number of aromatic nitrogens is 1. The van der Waals surface area contributed by atoms with Gasteiger partial charge in [-0.3, -0.25) is 9.69 Å². The van der Waals surface area contributed by atoms with E-state index < -0.39 is 0 Å². The molecule has 2 aromatic rings. The summed E-state index contributed by atoms with van der Waals surface area (Å²) in [6.45, 7) is 7.04. The van der Waals surface area contributed by atoms with Crippen molar-refractivity contribution in [3.05, 3.63) is 71.3 Å². The largest absolute Gasteiger partial charge is 0.307 e. The molecule has 4 nitrogen and oxygen atoms in total. The Balaban J connectivity index is 1.68. The first kappa shape index (κ1) is 18.1. The molecular formula is C21H21ClFN3O. The number of rotatable bonds is 3. The quantitative estimate of drug-likeness (QED) is 0.590. The minimum atomic E-state index is -0.261. The number of piperidine rings is 1. The number of hydrogen-bond acceptors (Lipinski definition) is 3. The fourth-order valence-electron chi connectivity index (χ4n) is 4.29. The Kier molecular flexibility index (Phi) is 4.74. The molecule has 1 aromatic heterocycles. The highest BCUT2D eigenvalue weighted by Gasteiger charge is 2.46. The molecule has 1 fully saturated rings. The number of carbonyl (C=O) groups is 1. The third kappa shape index (κ3) is 3.26. The van der Waals surface area contributed by atoms with Gasteiger partial charge in [0.15, 0.2) is 0 Å². The van der Waals surface area contributed by atoms with Crippen molar-refractivity contribution in [2.75, 3.05) is 31.1 Å². The molecule has 0 atom stereocenters. The van der Waals surface area contributed by atoms with E-state index in [4.69, 9.17) is 11.6 Å². The Morgan fingerprint density at radius 3 is 2.78 bits per heavy atom. The fourth-order valence-corrected chi connectivity index (χ4v) is 4.46. The highest BCUT2D eigenvalue weighted by atomic mass is 35.5. The monoisotopic (exact) mass is 385 g/mol.